The number of aromatic nitrogens is 5. The van der Waals surface area contributed by atoms with Crippen LogP contribution in [0.2, 0.25) is 0 Å². The average molecular weight is 342 g/mol. The number of pyridine rings is 2. The van der Waals surface area contributed by atoms with Crippen LogP contribution < -0.4 is 5.32 Å². The lowest BCUT2D eigenvalue weighted by Crippen LogP contribution is -2.06. The van der Waals surface area contributed by atoms with E-state index in [4.69, 9.17) is 9.97 Å². The third-order valence-corrected chi connectivity index (χ3v) is 4.47. The molecule has 0 radical (unpaired) electrons. The van der Waals surface area contributed by atoms with Crippen LogP contribution in [-0.2, 0) is 0 Å². The summed E-state index contributed by atoms with van der Waals surface area (Å²) in [5, 5.41) is 3.37. The van der Waals surface area contributed by atoms with E-state index in [9.17, 15) is 0 Å². The molecule has 1 N–H and O–H groups in total. The molecule has 128 valence electrons. The van der Waals surface area contributed by atoms with Crippen LogP contribution in [0.15, 0.2) is 54.9 Å². The zero-order valence-electron chi connectivity index (χ0n) is 14.4. The zero-order valence-corrected chi connectivity index (χ0v) is 14.4. The van der Waals surface area contributed by atoms with E-state index in [1.54, 1.807) is 6.20 Å². The molecule has 0 amide bonds. The van der Waals surface area contributed by atoms with Crippen molar-refractivity contribution in [3.05, 3.63) is 60.6 Å². The molecule has 0 bridgehead atoms. The topological polar surface area (TPSA) is 68.0 Å². The van der Waals surface area contributed by atoms with Gasteiger partial charge in [0.2, 0.25) is 5.95 Å². The molecule has 1 aliphatic carbocycles. The maximum absolute atomic E-state index is 4.82. The van der Waals surface area contributed by atoms with Gasteiger partial charge in [-0.2, -0.15) is 0 Å². The summed E-state index contributed by atoms with van der Waals surface area (Å²) >= 11 is 0. The Morgan fingerprint density at radius 3 is 2.73 bits per heavy atom. The molecule has 1 saturated carbocycles. The lowest BCUT2D eigenvalue weighted by Gasteiger charge is -2.07. The van der Waals surface area contributed by atoms with Crippen molar-refractivity contribution in [2.75, 3.05) is 5.32 Å². The number of aryl methyl sites for hydroxylation is 1. The summed E-state index contributed by atoms with van der Waals surface area (Å²) in [4.78, 5) is 18.6. The third kappa shape index (κ3) is 2.69. The number of rotatable bonds is 4. The quantitative estimate of drug-likeness (QED) is 0.612. The molecule has 6 heteroatoms. The Morgan fingerprint density at radius 2 is 1.88 bits per heavy atom. The van der Waals surface area contributed by atoms with Crippen molar-refractivity contribution in [1.29, 1.82) is 0 Å². The maximum atomic E-state index is 4.82. The number of nitrogens with zero attached hydrogens (tertiary/aromatic N) is 5. The van der Waals surface area contributed by atoms with Crippen molar-refractivity contribution in [3.8, 4) is 22.8 Å². The van der Waals surface area contributed by atoms with Crippen molar-refractivity contribution >= 4 is 11.6 Å². The van der Waals surface area contributed by atoms with Gasteiger partial charge in [0.05, 0.1) is 11.4 Å². The SMILES string of the molecule is Cc1cccc(-c2nc3ccccn3c2-c2ccnc(NC3CC3)n2)n1. The van der Waals surface area contributed by atoms with E-state index in [1.807, 2.05) is 55.6 Å². The second-order valence-corrected chi connectivity index (χ2v) is 6.59. The van der Waals surface area contributed by atoms with Crippen molar-refractivity contribution in [2.45, 2.75) is 25.8 Å². The van der Waals surface area contributed by atoms with Gasteiger partial charge in [0.1, 0.15) is 17.0 Å². The Labute approximate surface area is 151 Å². The van der Waals surface area contributed by atoms with E-state index in [0.29, 0.717) is 12.0 Å². The highest BCUT2D eigenvalue weighted by Gasteiger charge is 2.23. The summed E-state index contributed by atoms with van der Waals surface area (Å²) in [5.41, 5.74) is 5.27. The van der Waals surface area contributed by atoms with Crippen molar-refractivity contribution in [2.24, 2.45) is 0 Å². The van der Waals surface area contributed by atoms with E-state index >= 15 is 0 Å². The van der Waals surface area contributed by atoms with Gasteiger partial charge in [-0.1, -0.05) is 12.1 Å². The number of nitrogens with one attached hydrogen (secondary N) is 1. The fraction of sp³-hybridized carbons (Fsp3) is 0.200. The molecule has 1 aliphatic rings. The van der Waals surface area contributed by atoms with Crippen LogP contribution in [0, 0.1) is 6.92 Å². The Balaban J connectivity index is 1.72. The molecule has 0 atom stereocenters. The molecule has 4 aromatic rings. The Morgan fingerprint density at radius 1 is 0.962 bits per heavy atom. The number of imidazole rings is 1. The molecule has 4 heterocycles. The third-order valence-electron chi connectivity index (χ3n) is 4.47. The van der Waals surface area contributed by atoms with Crippen molar-refractivity contribution in [3.63, 3.8) is 0 Å². The van der Waals surface area contributed by atoms with E-state index in [0.717, 1.165) is 34.1 Å². The largest absolute Gasteiger partial charge is 0.351 e. The number of fused-ring (bicyclic) bond motifs is 1. The molecule has 26 heavy (non-hydrogen) atoms. The first-order valence-corrected chi connectivity index (χ1v) is 8.79. The van der Waals surface area contributed by atoms with Gasteiger partial charge < -0.3 is 5.32 Å². The van der Waals surface area contributed by atoms with E-state index in [1.165, 1.54) is 12.8 Å². The van der Waals surface area contributed by atoms with Gasteiger partial charge in [0, 0.05) is 24.1 Å². The fourth-order valence-corrected chi connectivity index (χ4v) is 3.06. The molecule has 0 spiro atoms. The fourth-order valence-electron chi connectivity index (χ4n) is 3.06. The highest BCUT2D eigenvalue weighted by atomic mass is 15.1. The molecule has 0 aromatic carbocycles. The first kappa shape index (κ1) is 15.0. The summed E-state index contributed by atoms with van der Waals surface area (Å²) < 4.78 is 2.06. The molecular formula is C20H18N6. The summed E-state index contributed by atoms with van der Waals surface area (Å²) in [6.45, 7) is 1.99. The van der Waals surface area contributed by atoms with Gasteiger partial charge in [-0.25, -0.2) is 15.0 Å². The number of hydrogen-bond acceptors (Lipinski definition) is 5. The van der Waals surface area contributed by atoms with Crippen LogP contribution in [-0.4, -0.2) is 30.4 Å². The lowest BCUT2D eigenvalue weighted by atomic mass is 10.1. The summed E-state index contributed by atoms with van der Waals surface area (Å²) in [6, 6.07) is 14.4. The van der Waals surface area contributed by atoms with Gasteiger partial charge in [0.15, 0.2) is 0 Å². The second kappa shape index (κ2) is 5.91. The first-order valence-electron chi connectivity index (χ1n) is 8.79. The smallest absolute Gasteiger partial charge is 0.223 e. The molecule has 0 saturated heterocycles. The van der Waals surface area contributed by atoms with Gasteiger partial charge in [0.25, 0.3) is 0 Å². The minimum absolute atomic E-state index is 0.505. The number of anilines is 1. The first-order chi connectivity index (χ1) is 12.8. The maximum Gasteiger partial charge on any atom is 0.223 e. The van der Waals surface area contributed by atoms with E-state index in [2.05, 4.69) is 19.7 Å². The average Bonchev–Trinajstić information content (AvgIpc) is 3.38. The Kier molecular flexibility index (Phi) is 3.41. The van der Waals surface area contributed by atoms with Gasteiger partial charge in [-0.3, -0.25) is 9.38 Å². The van der Waals surface area contributed by atoms with Gasteiger partial charge in [-0.05, 0) is 50.1 Å². The predicted octanol–water partition coefficient (Wildman–Crippen LogP) is 3.74. The van der Waals surface area contributed by atoms with Gasteiger partial charge in [-0.15, -0.1) is 0 Å². The number of hydrogen-bond donors (Lipinski definition) is 1. The monoisotopic (exact) mass is 342 g/mol. The molecule has 0 unspecified atom stereocenters. The van der Waals surface area contributed by atoms with E-state index in [-0.39, 0.29) is 0 Å². The molecule has 5 rings (SSSR count). The second-order valence-electron chi connectivity index (χ2n) is 6.59. The standard InChI is InChI=1S/C20H18N6/c1-13-5-4-6-15(22-13)18-19(26-12-3-2-7-17(26)25-18)16-10-11-21-20(24-16)23-14-8-9-14/h2-7,10-12,14H,8-9H2,1H3,(H,21,23,24). The summed E-state index contributed by atoms with van der Waals surface area (Å²) in [7, 11) is 0. The lowest BCUT2D eigenvalue weighted by molar-refractivity contribution is 1.05. The normalized spacial score (nSPS) is 13.9. The van der Waals surface area contributed by atoms with Crippen molar-refractivity contribution < 1.29 is 0 Å². The predicted molar refractivity (Wildman–Crippen MR) is 101 cm³/mol. The molecule has 0 aliphatic heterocycles. The van der Waals surface area contributed by atoms with Crippen LogP contribution in [0.25, 0.3) is 28.4 Å². The highest BCUT2D eigenvalue weighted by Crippen LogP contribution is 2.31. The van der Waals surface area contributed by atoms with Crippen LogP contribution >= 0.6 is 0 Å². The van der Waals surface area contributed by atoms with Crippen LogP contribution in [0.4, 0.5) is 5.95 Å². The Hall–Kier alpha value is -3.28. The van der Waals surface area contributed by atoms with E-state index < -0.39 is 0 Å². The van der Waals surface area contributed by atoms with Crippen LogP contribution in [0.1, 0.15) is 18.5 Å². The van der Waals surface area contributed by atoms with Crippen LogP contribution in [0.5, 0.6) is 0 Å². The van der Waals surface area contributed by atoms with Crippen molar-refractivity contribution in [1.82, 2.24) is 24.3 Å². The minimum Gasteiger partial charge on any atom is -0.351 e. The van der Waals surface area contributed by atoms with Crippen LogP contribution in [0.3, 0.4) is 0 Å². The molecule has 1 fully saturated rings. The summed E-state index contributed by atoms with van der Waals surface area (Å²) in [6.07, 6.45) is 6.17. The highest BCUT2D eigenvalue weighted by molar-refractivity contribution is 5.79. The molecule has 6 nitrogen and oxygen atoms in total. The Bertz CT molecular complexity index is 1100. The summed E-state index contributed by atoms with van der Waals surface area (Å²) in [5.74, 6) is 0.666. The molecular weight excluding hydrogens is 324 g/mol. The van der Waals surface area contributed by atoms with Gasteiger partial charge >= 0.3 is 0 Å². The molecule has 4 aromatic heterocycles. The minimum atomic E-state index is 0.505. The zero-order chi connectivity index (χ0) is 17.5.